The van der Waals surface area contributed by atoms with Gasteiger partial charge in [0.05, 0.1) is 5.02 Å². The minimum Gasteiger partial charge on any atom is -0.487 e. The van der Waals surface area contributed by atoms with Crippen LogP contribution in [0, 0.1) is 6.92 Å². The van der Waals surface area contributed by atoms with Gasteiger partial charge in [-0.25, -0.2) is 4.98 Å². The summed E-state index contributed by atoms with van der Waals surface area (Å²) in [5.41, 5.74) is 7.68. The van der Waals surface area contributed by atoms with Crippen molar-refractivity contribution in [3.8, 4) is 5.75 Å². The Hall–Kier alpha value is -1.74. The topological polar surface area (TPSA) is 48.1 Å². The van der Waals surface area contributed by atoms with Crippen LogP contribution in [-0.4, -0.2) is 4.98 Å². The highest BCUT2D eigenvalue weighted by Crippen LogP contribution is 2.26. The van der Waals surface area contributed by atoms with Crippen molar-refractivity contribution in [2.75, 3.05) is 5.73 Å². The number of aromatic nitrogens is 1. The van der Waals surface area contributed by atoms with Gasteiger partial charge in [0.15, 0.2) is 0 Å². The fourth-order valence-corrected chi connectivity index (χ4v) is 1.62. The van der Waals surface area contributed by atoms with E-state index in [-0.39, 0.29) is 0 Å². The van der Waals surface area contributed by atoms with E-state index in [1.54, 1.807) is 6.20 Å². The number of hydrogen-bond donors (Lipinski definition) is 1. The van der Waals surface area contributed by atoms with Crippen LogP contribution in [-0.2, 0) is 6.61 Å². The summed E-state index contributed by atoms with van der Waals surface area (Å²) in [6.07, 6.45) is 1.65. The van der Waals surface area contributed by atoms with Gasteiger partial charge in [-0.2, -0.15) is 0 Å². The maximum atomic E-state index is 6.03. The predicted octanol–water partition coefficient (Wildman–Crippen LogP) is 3.20. The molecule has 0 saturated heterocycles. The molecule has 0 aliphatic heterocycles. The summed E-state index contributed by atoms with van der Waals surface area (Å²) < 4.78 is 5.63. The van der Waals surface area contributed by atoms with Crippen molar-refractivity contribution in [3.05, 3.63) is 52.7 Å². The molecule has 1 heterocycles. The van der Waals surface area contributed by atoms with Crippen LogP contribution in [0.15, 0.2) is 36.5 Å². The van der Waals surface area contributed by atoms with Crippen LogP contribution < -0.4 is 10.5 Å². The Labute approximate surface area is 105 Å². The first-order chi connectivity index (χ1) is 8.16. The lowest BCUT2D eigenvalue weighted by molar-refractivity contribution is 0.306. The summed E-state index contributed by atoms with van der Waals surface area (Å²) in [7, 11) is 0. The fraction of sp³-hybridized carbons (Fsp3) is 0.154. The van der Waals surface area contributed by atoms with Gasteiger partial charge in [-0.1, -0.05) is 23.7 Å². The number of pyridine rings is 1. The summed E-state index contributed by atoms with van der Waals surface area (Å²) in [6, 6.07) is 9.36. The van der Waals surface area contributed by atoms with Gasteiger partial charge >= 0.3 is 0 Å². The largest absolute Gasteiger partial charge is 0.487 e. The molecule has 0 atom stereocenters. The Morgan fingerprint density at radius 1 is 1.35 bits per heavy atom. The number of nitrogens with zero attached hydrogens (tertiary/aromatic N) is 1. The van der Waals surface area contributed by atoms with Gasteiger partial charge in [0, 0.05) is 11.8 Å². The van der Waals surface area contributed by atoms with Crippen LogP contribution in [0.3, 0.4) is 0 Å². The zero-order valence-electron chi connectivity index (χ0n) is 9.48. The minimum absolute atomic E-state index is 0.364. The molecule has 0 aliphatic carbocycles. The molecule has 0 fully saturated rings. The van der Waals surface area contributed by atoms with Crippen molar-refractivity contribution in [2.24, 2.45) is 0 Å². The van der Waals surface area contributed by atoms with Crippen LogP contribution >= 0.6 is 11.6 Å². The van der Waals surface area contributed by atoms with E-state index in [1.165, 1.54) is 0 Å². The van der Waals surface area contributed by atoms with Crippen molar-refractivity contribution in [1.29, 1.82) is 0 Å². The molecule has 0 amide bonds. The molecule has 2 aromatic rings. The number of rotatable bonds is 3. The lowest BCUT2D eigenvalue weighted by Gasteiger charge is -2.09. The summed E-state index contributed by atoms with van der Waals surface area (Å²) in [5, 5.41) is 0.595. The first kappa shape index (κ1) is 11.7. The molecule has 2 N–H and O–H groups in total. The Bertz CT molecular complexity index is 529. The van der Waals surface area contributed by atoms with E-state index < -0.39 is 0 Å². The second kappa shape index (κ2) is 5.06. The average Bonchev–Trinajstić information content (AvgIpc) is 2.32. The van der Waals surface area contributed by atoms with Crippen LogP contribution in [0.25, 0.3) is 0 Å². The number of hydrogen-bond acceptors (Lipinski definition) is 3. The van der Waals surface area contributed by atoms with Crippen LogP contribution in [0.4, 0.5) is 5.82 Å². The SMILES string of the molecule is Cc1ccc(Cl)c(OCc2cccnc2N)c1. The molecule has 3 nitrogen and oxygen atoms in total. The molecular weight excluding hydrogens is 236 g/mol. The van der Waals surface area contributed by atoms with Crippen molar-refractivity contribution in [1.82, 2.24) is 4.98 Å². The van der Waals surface area contributed by atoms with Gasteiger partial charge in [0.2, 0.25) is 0 Å². The lowest BCUT2D eigenvalue weighted by atomic mass is 10.2. The highest BCUT2D eigenvalue weighted by atomic mass is 35.5. The van der Waals surface area contributed by atoms with Crippen molar-refractivity contribution in [3.63, 3.8) is 0 Å². The number of benzene rings is 1. The molecular formula is C13H13ClN2O. The third kappa shape index (κ3) is 2.88. The Kier molecular flexibility index (Phi) is 3.49. The molecule has 1 aromatic carbocycles. The van der Waals surface area contributed by atoms with Crippen molar-refractivity contribution in [2.45, 2.75) is 13.5 Å². The summed E-state index contributed by atoms with van der Waals surface area (Å²) in [6.45, 7) is 2.35. The third-order valence-corrected chi connectivity index (χ3v) is 2.71. The quantitative estimate of drug-likeness (QED) is 0.907. The van der Waals surface area contributed by atoms with Crippen molar-refractivity contribution >= 4 is 17.4 Å². The number of ether oxygens (including phenoxy) is 1. The monoisotopic (exact) mass is 248 g/mol. The molecule has 0 radical (unpaired) electrons. The lowest BCUT2D eigenvalue weighted by Crippen LogP contribution is -2.02. The average molecular weight is 249 g/mol. The Morgan fingerprint density at radius 2 is 2.18 bits per heavy atom. The number of nitrogen functional groups attached to an aromatic ring is 1. The summed E-state index contributed by atoms with van der Waals surface area (Å²) in [5.74, 6) is 1.14. The Balaban J connectivity index is 2.12. The number of nitrogens with two attached hydrogens (primary N) is 1. The number of anilines is 1. The highest BCUT2D eigenvalue weighted by Gasteiger charge is 2.04. The fourth-order valence-electron chi connectivity index (χ4n) is 1.45. The van der Waals surface area contributed by atoms with Gasteiger partial charge in [0.25, 0.3) is 0 Å². The molecule has 2 rings (SSSR count). The van der Waals surface area contributed by atoms with E-state index in [1.807, 2.05) is 37.3 Å². The zero-order valence-corrected chi connectivity index (χ0v) is 10.2. The molecule has 0 spiro atoms. The molecule has 1 aromatic heterocycles. The summed E-state index contributed by atoms with van der Waals surface area (Å²) >= 11 is 6.03. The molecule has 0 aliphatic rings. The number of aryl methyl sites for hydroxylation is 1. The van der Waals surface area contributed by atoms with E-state index in [9.17, 15) is 0 Å². The molecule has 88 valence electrons. The van der Waals surface area contributed by atoms with E-state index in [2.05, 4.69) is 4.98 Å². The van der Waals surface area contributed by atoms with Crippen LogP contribution in [0.5, 0.6) is 5.75 Å². The van der Waals surface area contributed by atoms with E-state index in [4.69, 9.17) is 22.1 Å². The van der Waals surface area contributed by atoms with Crippen LogP contribution in [0.2, 0.25) is 5.02 Å². The first-order valence-corrected chi connectivity index (χ1v) is 5.63. The normalized spacial score (nSPS) is 10.2. The maximum Gasteiger partial charge on any atom is 0.138 e. The van der Waals surface area contributed by atoms with Crippen molar-refractivity contribution < 1.29 is 4.74 Å². The van der Waals surface area contributed by atoms with Gasteiger partial charge in [-0.3, -0.25) is 0 Å². The zero-order chi connectivity index (χ0) is 12.3. The van der Waals surface area contributed by atoms with Gasteiger partial charge in [-0.05, 0) is 30.7 Å². The number of halogens is 1. The second-order valence-corrected chi connectivity index (χ2v) is 4.18. The first-order valence-electron chi connectivity index (χ1n) is 5.25. The molecule has 17 heavy (non-hydrogen) atoms. The highest BCUT2D eigenvalue weighted by molar-refractivity contribution is 6.32. The maximum absolute atomic E-state index is 6.03. The standard InChI is InChI=1S/C13H13ClN2O/c1-9-4-5-11(14)12(7-9)17-8-10-3-2-6-16-13(10)15/h2-7H,8H2,1H3,(H2,15,16). The van der Waals surface area contributed by atoms with Gasteiger partial charge in [0.1, 0.15) is 18.2 Å². The molecule has 0 unspecified atom stereocenters. The predicted molar refractivity (Wildman–Crippen MR) is 69.2 cm³/mol. The molecule has 0 saturated carbocycles. The van der Waals surface area contributed by atoms with Gasteiger partial charge in [-0.15, -0.1) is 0 Å². The van der Waals surface area contributed by atoms with E-state index in [0.717, 1.165) is 11.1 Å². The second-order valence-electron chi connectivity index (χ2n) is 3.77. The smallest absolute Gasteiger partial charge is 0.138 e. The minimum atomic E-state index is 0.364. The van der Waals surface area contributed by atoms with E-state index >= 15 is 0 Å². The van der Waals surface area contributed by atoms with Gasteiger partial charge < -0.3 is 10.5 Å². The third-order valence-electron chi connectivity index (χ3n) is 2.40. The van der Waals surface area contributed by atoms with Crippen LogP contribution in [0.1, 0.15) is 11.1 Å². The molecule has 0 bridgehead atoms. The summed E-state index contributed by atoms with van der Waals surface area (Å²) in [4.78, 5) is 4.00. The Morgan fingerprint density at radius 3 is 2.94 bits per heavy atom. The van der Waals surface area contributed by atoms with E-state index in [0.29, 0.717) is 23.2 Å². The molecule has 4 heteroatoms.